The second-order valence-corrected chi connectivity index (χ2v) is 13.4. The van der Waals surface area contributed by atoms with Gasteiger partial charge in [0.25, 0.3) is 5.91 Å². The highest BCUT2D eigenvalue weighted by molar-refractivity contribution is 8.02. The molecule has 4 aliphatic heterocycles. The third-order valence-electron chi connectivity index (χ3n) is 8.77. The molecule has 0 saturated carbocycles. The van der Waals surface area contributed by atoms with Gasteiger partial charge >= 0.3 is 5.97 Å². The Labute approximate surface area is 249 Å². The number of aliphatic hydroxyl groups is 1. The molecule has 4 aliphatic rings. The van der Waals surface area contributed by atoms with Gasteiger partial charge in [0, 0.05) is 11.3 Å². The van der Waals surface area contributed by atoms with Crippen molar-refractivity contribution in [3.05, 3.63) is 89.5 Å². The number of anilines is 1. The van der Waals surface area contributed by atoms with Crippen molar-refractivity contribution in [2.45, 2.75) is 47.8 Å². The van der Waals surface area contributed by atoms with E-state index in [2.05, 4.69) is 6.08 Å². The van der Waals surface area contributed by atoms with Gasteiger partial charge in [-0.05, 0) is 43.9 Å². The first-order valence-electron chi connectivity index (χ1n) is 14.1. The van der Waals surface area contributed by atoms with E-state index in [9.17, 15) is 19.5 Å². The van der Waals surface area contributed by atoms with E-state index >= 15 is 0 Å². The molecule has 2 amide bonds. The van der Waals surface area contributed by atoms with Crippen molar-refractivity contribution in [2.24, 2.45) is 11.8 Å². The molecule has 2 aromatic rings. The molecule has 0 aliphatic carbocycles. The Morgan fingerprint density at radius 2 is 1.76 bits per heavy atom. The summed E-state index contributed by atoms with van der Waals surface area (Å²) in [6.07, 6.45) is 10.5. The Morgan fingerprint density at radius 3 is 2.51 bits per heavy atom. The van der Waals surface area contributed by atoms with Crippen LogP contribution in [0, 0.1) is 11.8 Å². The fraction of sp³-hybridized carbons (Fsp3) is 0.406. The zero-order valence-corrected chi connectivity index (χ0v) is 24.4. The van der Waals surface area contributed by atoms with Crippen molar-refractivity contribution in [3.8, 4) is 0 Å². The van der Waals surface area contributed by atoms with Crippen LogP contribution in [-0.4, -0.2) is 63.1 Å². The molecule has 214 valence electrons. The Kier molecular flexibility index (Phi) is 7.51. The summed E-state index contributed by atoms with van der Waals surface area (Å²) < 4.78 is 3.92. The number of thioether (sulfide) groups is 1. The van der Waals surface area contributed by atoms with Crippen LogP contribution in [0.3, 0.4) is 0 Å². The number of fused-ring (bicyclic) bond motifs is 2. The number of rotatable bonds is 4. The average molecular weight is 593 g/mol. The molecule has 1 spiro atoms. The first-order chi connectivity index (χ1) is 19.8. The highest BCUT2D eigenvalue weighted by Crippen LogP contribution is 2.66. The number of nitrogens with zero attached hydrogens (tertiary/aromatic N) is 2. The number of esters is 1. The van der Waals surface area contributed by atoms with E-state index in [0.29, 0.717) is 22.9 Å². The second kappa shape index (κ2) is 11.0. The van der Waals surface area contributed by atoms with Gasteiger partial charge in [0.15, 0.2) is 0 Å². The molecule has 0 radical (unpaired) electrons. The smallest absolute Gasteiger partial charge is 0.311 e. The Morgan fingerprint density at radius 1 is 1.00 bits per heavy atom. The van der Waals surface area contributed by atoms with Crippen molar-refractivity contribution in [2.75, 3.05) is 24.7 Å². The molecule has 6 rings (SSSR count). The minimum absolute atomic E-state index is 0.257. The van der Waals surface area contributed by atoms with Gasteiger partial charge in [-0.3, -0.25) is 14.4 Å². The van der Waals surface area contributed by atoms with Gasteiger partial charge in [-0.1, -0.05) is 78.4 Å². The van der Waals surface area contributed by atoms with Gasteiger partial charge in [0.05, 0.1) is 46.5 Å². The maximum absolute atomic E-state index is 14.8. The van der Waals surface area contributed by atoms with Crippen molar-refractivity contribution in [1.29, 1.82) is 0 Å². The summed E-state index contributed by atoms with van der Waals surface area (Å²) in [4.78, 5) is 46.4. The predicted octanol–water partition coefficient (Wildman–Crippen LogP) is 4.95. The molecule has 9 heteroatoms. The van der Waals surface area contributed by atoms with Crippen molar-refractivity contribution in [1.82, 2.24) is 4.90 Å². The lowest BCUT2D eigenvalue weighted by Gasteiger charge is -2.40. The standard InChI is InChI=1S/C32H33ClN2O5S/c1-31-16-9-2-3-10-19-40-30(39)26(31)25-28(37)35(24(20-36)21-12-5-4-6-13-21)27-29(38)34(18-11-17-32(25,27)41-31)23-15-8-7-14-22(23)33/h4-9,11-17,24-27,36H,2-3,10,18-20H2,1H3/b16-9-/t24-,25+,26+,27?,31-,32+/m1/s1. The maximum Gasteiger partial charge on any atom is 0.311 e. The minimum Gasteiger partial charge on any atom is -0.465 e. The third kappa shape index (κ3) is 4.51. The molecule has 1 unspecified atom stereocenters. The first-order valence-corrected chi connectivity index (χ1v) is 15.3. The Balaban J connectivity index is 1.55. The number of hydrogen-bond donors (Lipinski definition) is 1. The SMILES string of the molecule is C[C@@]12/C=C\CCCCOC(=O)[C@@H]1[C@H]1C(=O)N([C@H](CO)c3ccccc3)C3C(=O)N(c4ccccc4Cl)CC=C[C@@]31S2. The number of halogens is 1. The molecule has 1 N–H and O–H groups in total. The summed E-state index contributed by atoms with van der Waals surface area (Å²) in [5.41, 5.74) is 1.26. The van der Waals surface area contributed by atoms with E-state index in [1.54, 1.807) is 23.1 Å². The molecule has 2 fully saturated rings. The molecule has 2 saturated heterocycles. The van der Waals surface area contributed by atoms with E-state index in [4.69, 9.17) is 16.3 Å². The van der Waals surface area contributed by atoms with Crippen LogP contribution in [0.2, 0.25) is 5.02 Å². The van der Waals surface area contributed by atoms with Crippen LogP contribution in [-0.2, 0) is 19.1 Å². The van der Waals surface area contributed by atoms with Crippen LogP contribution >= 0.6 is 23.4 Å². The van der Waals surface area contributed by atoms with E-state index in [1.165, 1.54) is 16.7 Å². The molecule has 7 nitrogen and oxygen atoms in total. The van der Waals surface area contributed by atoms with Crippen LogP contribution < -0.4 is 4.90 Å². The topological polar surface area (TPSA) is 87.1 Å². The number of carbonyl (C=O) groups excluding carboxylic acids is 3. The molecular weight excluding hydrogens is 560 g/mol. The summed E-state index contributed by atoms with van der Waals surface area (Å²) in [7, 11) is 0. The van der Waals surface area contributed by atoms with Crippen molar-refractivity contribution < 1.29 is 24.2 Å². The fourth-order valence-corrected chi connectivity index (χ4v) is 9.37. The number of carbonyl (C=O) groups is 3. The lowest BCUT2D eigenvalue weighted by molar-refractivity contribution is -0.154. The van der Waals surface area contributed by atoms with Gasteiger partial charge in [-0.15, -0.1) is 11.8 Å². The normalized spacial score (nSPS) is 33.0. The number of ether oxygens (including phenoxy) is 1. The summed E-state index contributed by atoms with van der Waals surface area (Å²) in [5, 5.41) is 11.1. The molecule has 2 aromatic carbocycles. The van der Waals surface area contributed by atoms with Gasteiger partial charge in [-0.2, -0.15) is 0 Å². The second-order valence-electron chi connectivity index (χ2n) is 11.2. The number of benzene rings is 2. The number of amides is 2. The number of aliphatic hydroxyl groups excluding tert-OH is 1. The van der Waals surface area contributed by atoms with E-state index in [-0.39, 0.29) is 25.0 Å². The molecule has 0 bridgehead atoms. The van der Waals surface area contributed by atoms with Crippen molar-refractivity contribution >= 4 is 46.8 Å². The Hall–Kier alpha value is -3.07. The largest absolute Gasteiger partial charge is 0.465 e. The van der Waals surface area contributed by atoms with Gasteiger partial charge in [0.1, 0.15) is 6.04 Å². The van der Waals surface area contributed by atoms with Crippen LogP contribution in [0.1, 0.15) is 37.8 Å². The summed E-state index contributed by atoms with van der Waals surface area (Å²) in [6, 6.07) is 14.6. The first kappa shape index (κ1) is 28.1. The van der Waals surface area contributed by atoms with Gasteiger partial charge < -0.3 is 19.6 Å². The third-order valence-corrected chi connectivity index (χ3v) is 10.9. The zero-order valence-electron chi connectivity index (χ0n) is 22.8. The number of allylic oxidation sites excluding steroid dienone is 1. The van der Waals surface area contributed by atoms with Crippen LogP contribution in [0.25, 0.3) is 0 Å². The number of hydrogen-bond acceptors (Lipinski definition) is 6. The van der Waals surface area contributed by atoms with Crippen LogP contribution in [0.5, 0.6) is 0 Å². The number of cyclic esters (lactones) is 1. The highest BCUT2D eigenvalue weighted by Gasteiger charge is 2.74. The minimum atomic E-state index is -1.07. The Bertz CT molecular complexity index is 1420. The molecule has 0 aromatic heterocycles. The summed E-state index contributed by atoms with van der Waals surface area (Å²) in [5.74, 6) is -2.72. The van der Waals surface area contributed by atoms with Gasteiger partial charge in [-0.25, -0.2) is 0 Å². The number of likely N-dealkylation sites (tertiary alicyclic amines) is 1. The monoisotopic (exact) mass is 592 g/mol. The maximum atomic E-state index is 14.8. The predicted molar refractivity (Wildman–Crippen MR) is 160 cm³/mol. The van der Waals surface area contributed by atoms with E-state index in [1.807, 2.05) is 61.5 Å². The molecule has 6 atom stereocenters. The molecule has 4 heterocycles. The molecule has 41 heavy (non-hydrogen) atoms. The lowest BCUT2D eigenvalue weighted by atomic mass is 9.74. The van der Waals surface area contributed by atoms with E-state index in [0.717, 1.165) is 19.3 Å². The van der Waals surface area contributed by atoms with Crippen molar-refractivity contribution in [3.63, 3.8) is 0 Å². The highest BCUT2D eigenvalue weighted by atomic mass is 35.5. The quantitative estimate of drug-likeness (QED) is 0.399. The average Bonchev–Trinajstić information content (AvgIpc) is 3.30. The lowest BCUT2D eigenvalue weighted by Crippen LogP contribution is -2.54. The van der Waals surface area contributed by atoms with Crippen LogP contribution in [0.15, 0.2) is 78.9 Å². The summed E-state index contributed by atoms with van der Waals surface area (Å²) in [6.45, 7) is 2.14. The zero-order chi connectivity index (χ0) is 28.8. The number of para-hydroxylation sites is 1. The van der Waals surface area contributed by atoms with Crippen LogP contribution in [0.4, 0.5) is 5.69 Å². The van der Waals surface area contributed by atoms with E-state index < -0.39 is 39.4 Å². The van der Waals surface area contributed by atoms with Gasteiger partial charge in [0.2, 0.25) is 5.91 Å². The fourth-order valence-electron chi connectivity index (χ4n) is 6.99. The summed E-state index contributed by atoms with van der Waals surface area (Å²) >= 11 is 8.06. The molecular formula is C32H33ClN2O5S.